The number of halogens is 2. The normalized spacial score (nSPS) is 5.71. The highest BCUT2D eigenvalue weighted by atomic mass is 35.5. The van der Waals surface area contributed by atoms with Gasteiger partial charge >= 0.3 is 0 Å². The molecule has 0 aliphatic heterocycles. The fourth-order valence-electron chi connectivity index (χ4n) is 0.136. The average Bonchev–Trinajstić information content (AvgIpc) is 1.76. The smallest absolute Gasteiger partial charge is 0.213 e. The van der Waals surface area contributed by atoms with Gasteiger partial charge in [0.15, 0.2) is 6.33 Å². The summed E-state index contributed by atoms with van der Waals surface area (Å²) in [6.07, 6.45) is 2.60. The molecular weight excluding hydrogens is 139 g/mol. The molecule has 0 spiro atoms. The van der Waals surface area contributed by atoms with Gasteiger partial charge in [-0.05, 0) is 0 Å². The lowest BCUT2D eigenvalue weighted by atomic mass is 11.3. The van der Waals surface area contributed by atoms with Crippen LogP contribution in [-0.4, -0.2) is 10.1 Å². The molecule has 3 nitrogen and oxygen atoms in total. The lowest BCUT2D eigenvalue weighted by molar-refractivity contribution is 0.416. The number of aromatic nitrogens is 2. The van der Waals surface area contributed by atoms with Crippen LogP contribution in [0.1, 0.15) is 0 Å². The highest BCUT2D eigenvalue weighted by Gasteiger charge is 1.60. The summed E-state index contributed by atoms with van der Waals surface area (Å²) < 4.78 is 4.22. The van der Waals surface area contributed by atoms with E-state index in [2.05, 4.69) is 14.7 Å². The van der Waals surface area contributed by atoms with E-state index in [-0.39, 0.29) is 24.8 Å². The van der Waals surface area contributed by atoms with Crippen LogP contribution in [0.3, 0.4) is 0 Å². The Bertz CT molecular complexity index is 70.2. The molecule has 0 fully saturated rings. The van der Waals surface area contributed by atoms with Gasteiger partial charge in [-0.25, -0.2) is 4.98 Å². The van der Waals surface area contributed by atoms with E-state index >= 15 is 0 Å². The van der Waals surface area contributed by atoms with E-state index in [0.717, 1.165) is 0 Å². The molecule has 42 valence electrons. The quantitative estimate of drug-likeness (QED) is 0.541. The van der Waals surface area contributed by atoms with Gasteiger partial charge in [0.2, 0.25) is 6.39 Å². The zero-order valence-electron chi connectivity index (χ0n) is 3.27. The molecule has 1 aromatic heterocycles. The fraction of sp³-hybridized carbons (Fsp3) is 0. The molecule has 0 atom stereocenters. The maximum atomic E-state index is 4.22. The van der Waals surface area contributed by atoms with Crippen LogP contribution in [-0.2, 0) is 0 Å². The van der Waals surface area contributed by atoms with Crippen LogP contribution in [0.15, 0.2) is 17.2 Å². The van der Waals surface area contributed by atoms with Gasteiger partial charge in [0, 0.05) is 0 Å². The summed E-state index contributed by atoms with van der Waals surface area (Å²) in [4.78, 5) is 3.44. The van der Waals surface area contributed by atoms with Crippen molar-refractivity contribution in [2.45, 2.75) is 0 Å². The fourth-order valence-corrected chi connectivity index (χ4v) is 0.136. The van der Waals surface area contributed by atoms with Crippen molar-refractivity contribution in [1.82, 2.24) is 10.1 Å². The van der Waals surface area contributed by atoms with Gasteiger partial charge in [0.05, 0.1) is 0 Å². The second-order valence-corrected chi connectivity index (χ2v) is 0.581. The van der Waals surface area contributed by atoms with Crippen molar-refractivity contribution in [3.63, 3.8) is 0 Å². The largest absolute Gasteiger partial charge is 0.343 e. The van der Waals surface area contributed by atoms with Crippen molar-refractivity contribution >= 4 is 24.8 Å². The minimum absolute atomic E-state index is 0. The average molecular weight is 143 g/mol. The van der Waals surface area contributed by atoms with Crippen LogP contribution in [0.2, 0.25) is 0 Å². The zero-order chi connectivity index (χ0) is 3.54. The van der Waals surface area contributed by atoms with Gasteiger partial charge in [-0.15, -0.1) is 24.8 Å². The van der Waals surface area contributed by atoms with Crippen molar-refractivity contribution < 1.29 is 4.52 Å². The SMILES string of the molecule is Cl.Cl.c1ncon1. The maximum Gasteiger partial charge on any atom is 0.213 e. The van der Waals surface area contributed by atoms with Crippen LogP contribution in [0.4, 0.5) is 0 Å². The molecule has 5 heteroatoms. The van der Waals surface area contributed by atoms with Crippen molar-refractivity contribution in [3.05, 3.63) is 12.7 Å². The Labute approximate surface area is 52.9 Å². The first-order chi connectivity index (χ1) is 2.50. The Morgan fingerprint density at radius 3 is 2.14 bits per heavy atom. The molecular formula is C2H4Cl2N2O. The Balaban J connectivity index is 0. The van der Waals surface area contributed by atoms with Gasteiger partial charge in [-0.1, -0.05) is 5.16 Å². The summed E-state index contributed by atoms with van der Waals surface area (Å²) in [7, 11) is 0. The molecule has 0 aromatic carbocycles. The monoisotopic (exact) mass is 142 g/mol. The molecule has 0 radical (unpaired) electrons. The molecule has 0 unspecified atom stereocenters. The Morgan fingerprint density at radius 1 is 1.29 bits per heavy atom. The predicted molar refractivity (Wildman–Crippen MR) is 28.8 cm³/mol. The lowest BCUT2D eigenvalue weighted by Crippen LogP contribution is -1.44. The van der Waals surface area contributed by atoms with E-state index in [4.69, 9.17) is 0 Å². The number of hydrogen-bond acceptors (Lipinski definition) is 3. The third-order valence-electron chi connectivity index (χ3n) is 0.283. The van der Waals surface area contributed by atoms with Crippen LogP contribution >= 0.6 is 24.8 Å². The van der Waals surface area contributed by atoms with Gasteiger partial charge < -0.3 is 4.52 Å². The summed E-state index contributed by atoms with van der Waals surface area (Å²) >= 11 is 0. The second kappa shape index (κ2) is 5.72. The molecule has 0 N–H and O–H groups in total. The van der Waals surface area contributed by atoms with E-state index in [9.17, 15) is 0 Å². The third-order valence-corrected chi connectivity index (χ3v) is 0.283. The molecule has 0 saturated carbocycles. The summed E-state index contributed by atoms with van der Waals surface area (Å²) in [6, 6.07) is 0. The van der Waals surface area contributed by atoms with Gasteiger partial charge in [0.1, 0.15) is 0 Å². The highest BCUT2D eigenvalue weighted by molar-refractivity contribution is 5.85. The van der Waals surface area contributed by atoms with E-state index in [1.54, 1.807) is 0 Å². The van der Waals surface area contributed by atoms with Crippen molar-refractivity contribution in [2.75, 3.05) is 0 Å². The van der Waals surface area contributed by atoms with Gasteiger partial charge in [-0.3, -0.25) is 0 Å². The molecule has 0 aliphatic carbocycles. The maximum absolute atomic E-state index is 4.22. The summed E-state index contributed by atoms with van der Waals surface area (Å²) in [5, 5.41) is 3.24. The summed E-state index contributed by atoms with van der Waals surface area (Å²) in [5.74, 6) is 0. The van der Waals surface area contributed by atoms with Crippen molar-refractivity contribution in [1.29, 1.82) is 0 Å². The summed E-state index contributed by atoms with van der Waals surface area (Å²) in [6.45, 7) is 0. The molecule has 0 amide bonds. The van der Waals surface area contributed by atoms with E-state index in [1.807, 2.05) is 0 Å². The van der Waals surface area contributed by atoms with Crippen molar-refractivity contribution in [3.8, 4) is 0 Å². The van der Waals surface area contributed by atoms with Crippen molar-refractivity contribution in [2.24, 2.45) is 0 Å². The first kappa shape index (κ1) is 9.87. The Morgan fingerprint density at radius 2 is 2.00 bits per heavy atom. The van der Waals surface area contributed by atoms with E-state index in [0.29, 0.717) is 0 Å². The lowest BCUT2D eigenvalue weighted by Gasteiger charge is -1.45. The summed E-state index contributed by atoms with van der Waals surface area (Å²) in [5.41, 5.74) is 0. The number of nitrogens with zero attached hydrogens (tertiary/aromatic N) is 2. The van der Waals surface area contributed by atoms with E-state index in [1.165, 1.54) is 12.7 Å². The van der Waals surface area contributed by atoms with Crippen LogP contribution in [0.25, 0.3) is 0 Å². The topological polar surface area (TPSA) is 38.9 Å². The number of hydrogen-bond donors (Lipinski definition) is 0. The first-order valence-electron chi connectivity index (χ1n) is 1.19. The zero-order valence-corrected chi connectivity index (χ0v) is 4.91. The van der Waals surface area contributed by atoms with E-state index < -0.39 is 0 Å². The molecule has 1 rings (SSSR count). The molecule has 0 saturated heterocycles. The van der Waals surface area contributed by atoms with Crippen LogP contribution < -0.4 is 0 Å². The molecule has 0 bridgehead atoms. The minimum Gasteiger partial charge on any atom is -0.343 e. The van der Waals surface area contributed by atoms with Crippen LogP contribution in [0.5, 0.6) is 0 Å². The second-order valence-electron chi connectivity index (χ2n) is 0.581. The van der Waals surface area contributed by atoms with Gasteiger partial charge in [0.25, 0.3) is 0 Å². The van der Waals surface area contributed by atoms with Crippen LogP contribution in [0, 0.1) is 0 Å². The Kier molecular flexibility index (Phi) is 8.06. The third kappa shape index (κ3) is 3.55. The Hall–Kier alpha value is -0.280. The molecule has 0 aliphatic rings. The first-order valence-corrected chi connectivity index (χ1v) is 1.19. The molecule has 7 heavy (non-hydrogen) atoms. The number of rotatable bonds is 0. The highest BCUT2D eigenvalue weighted by Crippen LogP contribution is 1.62. The molecule has 1 heterocycles. The van der Waals surface area contributed by atoms with Gasteiger partial charge in [-0.2, -0.15) is 0 Å². The minimum atomic E-state index is 0. The predicted octanol–water partition coefficient (Wildman–Crippen LogP) is 0.913. The molecule has 1 aromatic rings. The standard InChI is InChI=1S/C2H2N2O.2ClH/c1-3-2-5-4-1;;/h1-2H;2*1H.